The third kappa shape index (κ3) is 4.36. The van der Waals surface area contributed by atoms with Gasteiger partial charge in [0.25, 0.3) is 0 Å². The number of rotatable bonds is 5. The lowest BCUT2D eigenvalue weighted by Gasteiger charge is -2.20. The van der Waals surface area contributed by atoms with Gasteiger partial charge in [-0.25, -0.2) is 4.79 Å². The van der Waals surface area contributed by atoms with Crippen molar-refractivity contribution in [2.75, 3.05) is 26.0 Å². The molecule has 0 aliphatic rings. The molecule has 0 saturated heterocycles. The Morgan fingerprint density at radius 1 is 1.47 bits per heavy atom. The van der Waals surface area contributed by atoms with Gasteiger partial charge in [0.05, 0.1) is 5.56 Å². The number of anilines is 1. The van der Waals surface area contributed by atoms with Crippen molar-refractivity contribution < 1.29 is 9.90 Å². The normalized spacial score (nSPS) is 12.5. The van der Waals surface area contributed by atoms with E-state index in [1.165, 1.54) is 0 Å². The van der Waals surface area contributed by atoms with Crippen molar-refractivity contribution in [3.8, 4) is 0 Å². The van der Waals surface area contributed by atoms with E-state index in [0.29, 0.717) is 6.04 Å². The molecule has 1 aromatic carbocycles. The van der Waals surface area contributed by atoms with E-state index in [9.17, 15) is 4.79 Å². The number of likely N-dealkylation sites (N-methyl/N-ethyl adjacent to an activating group) is 1. The predicted octanol–water partition coefficient (Wildman–Crippen LogP) is 2.51. The highest BCUT2D eigenvalue weighted by Gasteiger charge is 2.08. The standard InChI is InChI=1S/C12H17BrN2O2/c1-8(15(2)3)7-14-11-5-9(12(16)17)4-10(13)6-11/h4-6,8,14H,7H2,1-3H3,(H,16,17). The molecule has 0 radical (unpaired) electrons. The predicted molar refractivity (Wildman–Crippen MR) is 72.7 cm³/mol. The monoisotopic (exact) mass is 300 g/mol. The third-order valence-electron chi connectivity index (χ3n) is 2.63. The highest BCUT2D eigenvalue weighted by atomic mass is 79.9. The van der Waals surface area contributed by atoms with Crippen LogP contribution in [0, 0.1) is 0 Å². The molecule has 4 nitrogen and oxygen atoms in total. The quantitative estimate of drug-likeness (QED) is 0.877. The van der Waals surface area contributed by atoms with Gasteiger partial charge in [-0.2, -0.15) is 0 Å². The Bertz CT molecular complexity index is 407. The van der Waals surface area contributed by atoms with Gasteiger partial charge in [0, 0.05) is 22.7 Å². The van der Waals surface area contributed by atoms with Crippen LogP contribution in [0.4, 0.5) is 5.69 Å². The lowest BCUT2D eigenvalue weighted by Crippen LogP contribution is -2.31. The van der Waals surface area contributed by atoms with Gasteiger partial charge in [0.15, 0.2) is 0 Å². The number of nitrogens with one attached hydrogen (secondary N) is 1. The second-order valence-electron chi connectivity index (χ2n) is 4.23. The van der Waals surface area contributed by atoms with Crippen LogP contribution in [0.5, 0.6) is 0 Å². The van der Waals surface area contributed by atoms with E-state index in [2.05, 4.69) is 33.1 Å². The van der Waals surface area contributed by atoms with Gasteiger partial charge in [-0.15, -0.1) is 0 Å². The van der Waals surface area contributed by atoms with Crippen LogP contribution in [0.3, 0.4) is 0 Å². The van der Waals surface area contributed by atoms with Crippen molar-refractivity contribution in [1.29, 1.82) is 0 Å². The highest BCUT2D eigenvalue weighted by molar-refractivity contribution is 9.10. The van der Waals surface area contributed by atoms with Crippen LogP contribution >= 0.6 is 15.9 Å². The Kier molecular flexibility index (Phi) is 4.96. The molecule has 94 valence electrons. The molecule has 0 aromatic heterocycles. The number of hydrogen-bond acceptors (Lipinski definition) is 3. The van der Waals surface area contributed by atoms with Crippen molar-refractivity contribution in [3.63, 3.8) is 0 Å². The Morgan fingerprint density at radius 3 is 2.65 bits per heavy atom. The van der Waals surface area contributed by atoms with Crippen molar-refractivity contribution in [3.05, 3.63) is 28.2 Å². The van der Waals surface area contributed by atoms with Crippen LogP contribution in [0.25, 0.3) is 0 Å². The Morgan fingerprint density at radius 2 is 2.12 bits per heavy atom. The molecule has 1 atom stereocenters. The van der Waals surface area contributed by atoms with Gasteiger partial charge in [-0.1, -0.05) is 15.9 Å². The van der Waals surface area contributed by atoms with Crippen LogP contribution < -0.4 is 5.32 Å². The summed E-state index contributed by atoms with van der Waals surface area (Å²) in [5, 5.41) is 12.2. The zero-order valence-corrected chi connectivity index (χ0v) is 11.8. The molecule has 1 rings (SSSR count). The van der Waals surface area contributed by atoms with Crippen LogP contribution in [0.15, 0.2) is 22.7 Å². The number of aromatic carboxylic acids is 1. The largest absolute Gasteiger partial charge is 0.478 e. The summed E-state index contributed by atoms with van der Waals surface area (Å²) < 4.78 is 0.761. The van der Waals surface area contributed by atoms with E-state index in [1.807, 2.05) is 20.2 Å². The number of nitrogens with zero attached hydrogens (tertiary/aromatic N) is 1. The number of halogens is 1. The number of hydrogen-bond donors (Lipinski definition) is 2. The smallest absolute Gasteiger partial charge is 0.335 e. The second-order valence-corrected chi connectivity index (χ2v) is 5.14. The van der Waals surface area contributed by atoms with Crippen LogP contribution in [0.2, 0.25) is 0 Å². The summed E-state index contributed by atoms with van der Waals surface area (Å²) in [4.78, 5) is 13.0. The fourth-order valence-corrected chi connectivity index (χ4v) is 1.76. The van der Waals surface area contributed by atoms with E-state index in [0.717, 1.165) is 16.7 Å². The summed E-state index contributed by atoms with van der Waals surface area (Å²) in [6, 6.07) is 5.47. The molecule has 0 saturated carbocycles. The molecule has 17 heavy (non-hydrogen) atoms. The van der Waals surface area contributed by atoms with Crippen molar-refractivity contribution in [2.45, 2.75) is 13.0 Å². The first-order chi connectivity index (χ1) is 7.90. The average molecular weight is 301 g/mol. The third-order valence-corrected chi connectivity index (χ3v) is 3.09. The molecule has 1 unspecified atom stereocenters. The SMILES string of the molecule is CC(CNc1cc(Br)cc(C(=O)O)c1)N(C)C. The molecule has 0 bridgehead atoms. The maximum atomic E-state index is 10.9. The Labute approximate surface area is 110 Å². The highest BCUT2D eigenvalue weighted by Crippen LogP contribution is 2.19. The fourth-order valence-electron chi connectivity index (χ4n) is 1.26. The van der Waals surface area contributed by atoms with Crippen molar-refractivity contribution in [2.24, 2.45) is 0 Å². The minimum Gasteiger partial charge on any atom is -0.478 e. The van der Waals surface area contributed by atoms with Crippen LogP contribution in [-0.4, -0.2) is 42.7 Å². The van der Waals surface area contributed by atoms with Gasteiger partial charge in [-0.3, -0.25) is 0 Å². The topological polar surface area (TPSA) is 52.6 Å². The van der Waals surface area contributed by atoms with E-state index in [4.69, 9.17) is 5.11 Å². The second kappa shape index (κ2) is 6.02. The van der Waals surface area contributed by atoms with Crippen LogP contribution in [0.1, 0.15) is 17.3 Å². The minimum absolute atomic E-state index is 0.277. The number of benzene rings is 1. The molecular formula is C12H17BrN2O2. The molecular weight excluding hydrogens is 284 g/mol. The minimum atomic E-state index is -0.921. The molecule has 0 spiro atoms. The van der Waals surface area contributed by atoms with Gasteiger partial charge in [0.2, 0.25) is 0 Å². The molecule has 0 amide bonds. The summed E-state index contributed by atoms with van der Waals surface area (Å²) in [6.07, 6.45) is 0. The first-order valence-electron chi connectivity index (χ1n) is 5.34. The van der Waals surface area contributed by atoms with Gasteiger partial charge >= 0.3 is 5.97 Å². The summed E-state index contributed by atoms with van der Waals surface area (Å²) in [5.41, 5.74) is 1.09. The summed E-state index contributed by atoms with van der Waals surface area (Å²) >= 11 is 3.30. The Hall–Kier alpha value is -1.07. The summed E-state index contributed by atoms with van der Waals surface area (Å²) in [7, 11) is 4.02. The number of carbonyl (C=O) groups is 1. The van der Waals surface area contributed by atoms with Gasteiger partial charge in [-0.05, 0) is 39.2 Å². The van der Waals surface area contributed by atoms with Crippen molar-refractivity contribution >= 4 is 27.6 Å². The number of carboxylic acids is 1. The maximum absolute atomic E-state index is 10.9. The van der Waals surface area contributed by atoms with E-state index in [1.54, 1.807) is 12.1 Å². The zero-order valence-electron chi connectivity index (χ0n) is 10.2. The van der Waals surface area contributed by atoms with Crippen molar-refractivity contribution in [1.82, 2.24) is 4.90 Å². The number of carboxylic acid groups (broad SMARTS) is 1. The van der Waals surface area contributed by atoms with Gasteiger partial charge < -0.3 is 15.3 Å². The van der Waals surface area contributed by atoms with E-state index in [-0.39, 0.29) is 5.56 Å². The molecule has 0 heterocycles. The maximum Gasteiger partial charge on any atom is 0.335 e. The molecule has 2 N–H and O–H groups in total. The summed E-state index contributed by atoms with van der Waals surface area (Å²) in [6.45, 7) is 2.87. The molecule has 0 fully saturated rings. The Balaban J connectivity index is 2.74. The van der Waals surface area contributed by atoms with E-state index >= 15 is 0 Å². The van der Waals surface area contributed by atoms with Crippen LogP contribution in [-0.2, 0) is 0 Å². The molecule has 5 heteroatoms. The summed E-state index contributed by atoms with van der Waals surface area (Å²) in [5.74, 6) is -0.921. The zero-order chi connectivity index (χ0) is 13.0. The first kappa shape index (κ1) is 14.0. The van der Waals surface area contributed by atoms with Gasteiger partial charge in [0.1, 0.15) is 0 Å². The fraction of sp³-hybridized carbons (Fsp3) is 0.417. The first-order valence-corrected chi connectivity index (χ1v) is 6.13. The van der Waals surface area contributed by atoms with E-state index < -0.39 is 5.97 Å². The average Bonchev–Trinajstić information content (AvgIpc) is 2.24. The molecule has 0 aliphatic carbocycles. The lowest BCUT2D eigenvalue weighted by molar-refractivity contribution is 0.0697. The lowest BCUT2D eigenvalue weighted by atomic mass is 10.2. The molecule has 0 aliphatic heterocycles. The molecule has 1 aromatic rings.